The van der Waals surface area contributed by atoms with Crippen LogP contribution in [0.4, 0.5) is 5.13 Å². The van der Waals surface area contributed by atoms with Crippen LogP contribution in [0, 0.1) is 0 Å². The minimum Gasteiger partial charge on any atom is -0.468 e. The molecule has 0 radical (unpaired) electrons. The Hall–Kier alpha value is -3.69. The molecule has 162 valence electrons. The number of benzene rings is 1. The third kappa shape index (κ3) is 5.51. The topological polar surface area (TPSA) is 93.1 Å². The van der Waals surface area contributed by atoms with Crippen LogP contribution in [0.3, 0.4) is 0 Å². The van der Waals surface area contributed by atoms with Gasteiger partial charge in [-0.25, -0.2) is 4.98 Å². The van der Waals surface area contributed by atoms with Gasteiger partial charge in [0.05, 0.1) is 5.56 Å². The summed E-state index contributed by atoms with van der Waals surface area (Å²) in [5.41, 5.74) is 2.36. The monoisotopic (exact) mass is 446 g/mol. The first-order valence-electron chi connectivity index (χ1n) is 9.96. The number of rotatable bonds is 8. The molecule has 0 aliphatic rings. The molecule has 0 saturated heterocycles. The number of nitrogens with one attached hydrogen (secondary N) is 1. The van der Waals surface area contributed by atoms with Crippen molar-refractivity contribution < 1.29 is 9.53 Å². The number of carbonyl (C=O) groups is 1. The average molecular weight is 447 g/mol. The van der Waals surface area contributed by atoms with E-state index in [1.54, 1.807) is 24.5 Å². The minimum atomic E-state index is -0.311. The third-order valence-electron chi connectivity index (χ3n) is 4.54. The van der Waals surface area contributed by atoms with Gasteiger partial charge in [0.2, 0.25) is 11.0 Å². The molecule has 0 aliphatic heterocycles. The summed E-state index contributed by atoms with van der Waals surface area (Å²) in [6.07, 6.45) is 4.69. The number of hydrogen-bond donors (Lipinski definition) is 1. The predicted octanol–water partition coefficient (Wildman–Crippen LogP) is 3.93. The number of anilines is 1. The number of carbonyl (C=O) groups excluding carboxylic acids is 1. The van der Waals surface area contributed by atoms with Crippen LogP contribution in [0.1, 0.15) is 22.0 Å². The van der Waals surface area contributed by atoms with Gasteiger partial charge in [0.15, 0.2) is 0 Å². The molecule has 8 nitrogen and oxygen atoms in total. The van der Waals surface area contributed by atoms with Gasteiger partial charge in [-0.15, -0.1) is 10.2 Å². The molecular formula is C23H22N6O2S. The molecule has 1 amide bonds. The number of likely N-dealkylation sites (N-methyl/N-ethyl adjacent to an activating group) is 1. The molecule has 1 atom stereocenters. The highest BCUT2D eigenvalue weighted by Gasteiger charge is 2.16. The molecule has 32 heavy (non-hydrogen) atoms. The maximum absolute atomic E-state index is 12.6. The molecule has 3 heterocycles. The van der Waals surface area contributed by atoms with E-state index >= 15 is 0 Å². The van der Waals surface area contributed by atoms with E-state index in [1.807, 2.05) is 56.6 Å². The number of hydrogen-bond acceptors (Lipinski definition) is 8. The summed E-state index contributed by atoms with van der Waals surface area (Å²) < 4.78 is 6.11. The van der Waals surface area contributed by atoms with Crippen molar-refractivity contribution in [2.24, 2.45) is 0 Å². The lowest BCUT2D eigenvalue weighted by molar-refractivity contribution is 0.102. The average Bonchev–Trinajstić information content (AvgIpc) is 3.28. The Morgan fingerprint density at radius 3 is 2.53 bits per heavy atom. The molecule has 4 aromatic rings. The predicted molar refractivity (Wildman–Crippen MR) is 124 cm³/mol. The minimum absolute atomic E-state index is 0.175. The van der Waals surface area contributed by atoms with Gasteiger partial charge < -0.3 is 9.64 Å². The Labute approximate surface area is 189 Å². The fourth-order valence-corrected chi connectivity index (χ4v) is 3.74. The number of amides is 1. The highest BCUT2D eigenvalue weighted by Crippen LogP contribution is 2.26. The molecule has 1 aromatic carbocycles. The fraction of sp³-hybridized carbons (Fsp3) is 0.174. The maximum atomic E-state index is 12.6. The van der Waals surface area contributed by atoms with Gasteiger partial charge in [-0.3, -0.25) is 15.1 Å². The van der Waals surface area contributed by atoms with Gasteiger partial charge in [-0.1, -0.05) is 41.7 Å². The van der Waals surface area contributed by atoms with Crippen molar-refractivity contribution in [3.8, 4) is 16.5 Å². The summed E-state index contributed by atoms with van der Waals surface area (Å²) in [6.45, 7) is 0.699. The Kier molecular flexibility index (Phi) is 6.78. The van der Waals surface area contributed by atoms with Crippen LogP contribution in [0.5, 0.6) is 5.88 Å². The third-order valence-corrected chi connectivity index (χ3v) is 5.42. The molecule has 0 spiro atoms. The van der Waals surface area contributed by atoms with Crippen molar-refractivity contribution in [1.29, 1.82) is 0 Å². The molecule has 1 N–H and O–H groups in total. The molecule has 4 rings (SSSR count). The van der Waals surface area contributed by atoms with Gasteiger partial charge in [-0.05, 0) is 37.9 Å². The van der Waals surface area contributed by atoms with Crippen LogP contribution in [0.15, 0.2) is 73.2 Å². The zero-order chi connectivity index (χ0) is 22.3. The van der Waals surface area contributed by atoms with Crippen LogP contribution >= 0.6 is 11.3 Å². The lowest BCUT2D eigenvalue weighted by atomic mass is 10.1. The van der Waals surface area contributed by atoms with Gasteiger partial charge in [0, 0.05) is 36.8 Å². The Morgan fingerprint density at radius 2 is 1.84 bits per heavy atom. The summed E-state index contributed by atoms with van der Waals surface area (Å²) in [5, 5.41) is 12.0. The van der Waals surface area contributed by atoms with Crippen LogP contribution < -0.4 is 10.1 Å². The molecule has 0 fully saturated rings. The summed E-state index contributed by atoms with van der Waals surface area (Å²) in [6, 6.07) is 17.0. The van der Waals surface area contributed by atoms with Crippen molar-refractivity contribution >= 4 is 22.4 Å². The Morgan fingerprint density at radius 1 is 1.06 bits per heavy atom. The van der Waals surface area contributed by atoms with Crippen molar-refractivity contribution in [2.75, 3.05) is 26.0 Å². The Bertz CT molecular complexity index is 1150. The molecule has 3 aromatic heterocycles. The number of aromatic nitrogens is 4. The molecule has 9 heteroatoms. The van der Waals surface area contributed by atoms with Crippen LogP contribution in [0.25, 0.3) is 10.6 Å². The normalized spacial score (nSPS) is 11.8. The second kappa shape index (κ2) is 10.1. The lowest BCUT2D eigenvalue weighted by Gasteiger charge is -2.22. The van der Waals surface area contributed by atoms with E-state index in [4.69, 9.17) is 4.74 Å². The zero-order valence-electron chi connectivity index (χ0n) is 17.7. The number of ether oxygens (including phenoxy) is 1. The molecule has 0 bridgehead atoms. The van der Waals surface area contributed by atoms with Gasteiger partial charge in [0.25, 0.3) is 5.91 Å². The van der Waals surface area contributed by atoms with Crippen molar-refractivity contribution in [2.45, 2.75) is 6.10 Å². The first-order valence-corrected chi connectivity index (χ1v) is 10.8. The van der Waals surface area contributed by atoms with Gasteiger partial charge in [0.1, 0.15) is 11.1 Å². The van der Waals surface area contributed by atoms with Gasteiger partial charge >= 0.3 is 0 Å². The SMILES string of the molecule is CN(C)CC(Oc1ccc(C(=O)Nc2nnc(-c3ccncc3)s2)cn1)c1ccccc1. The maximum Gasteiger partial charge on any atom is 0.259 e. The Balaban J connectivity index is 1.41. The van der Waals surface area contributed by atoms with E-state index < -0.39 is 0 Å². The van der Waals surface area contributed by atoms with Crippen LogP contribution in [-0.2, 0) is 0 Å². The first-order chi connectivity index (χ1) is 15.6. The molecule has 0 aliphatic carbocycles. The van der Waals surface area contributed by atoms with E-state index in [0.717, 1.165) is 11.1 Å². The second-order valence-electron chi connectivity index (χ2n) is 7.27. The summed E-state index contributed by atoms with van der Waals surface area (Å²) in [7, 11) is 3.99. The lowest BCUT2D eigenvalue weighted by Crippen LogP contribution is -2.24. The zero-order valence-corrected chi connectivity index (χ0v) is 18.5. The standard InChI is InChI=1S/C23H22N6O2S/c1-29(2)15-19(16-6-4-3-5-7-16)31-20-9-8-18(14-25-20)21(30)26-23-28-27-22(32-23)17-10-12-24-13-11-17/h3-14,19H,15H2,1-2H3,(H,26,28,30). The number of nitrogens with zero attached hydrogens (tertiary/aromatic N) is 5. The number of pyridine rings is 2. The van der Waals surface area contributed by atoms with E-state index in [9.17, 15) is 4.79 Å². The van der Waals surface area contributed by atoms with Crippen LogP contribution in [-0.4, -0.2) is 51.6 Å². The quantitative estimate of drug-likeness (QED) is 0.438. The molecular weight excluding hydrogens is 424 g/mol. The molecule has 1 unspecified atom stereocenters. The van der Waals surface area contributed by atoms with Crippen molar-refractivity contribution in [3.63, 3.8) is 0 Å². The van der Waals surface area contributed by atoms with Crippen molar-refractivity contribution in [3.05, 3.63) is 84.3 Å². The highest BCUT2D eigenvalue weighted by atomic mass is 32.1. The largest absolute Gasteiger partial charge is 0.468 e. The van der Waals surface area contributed by atoms with E-state index in [1.165, 1.54) is 17.5 Å². The molecule has 0 saturated carbocycles. The van der Waals surface area contributed by atoms with E-state index in [2.05, 4.69) is 30.4 Å². The fourth-order valence-electron chi connectivity index (χ4n) is 2.99. The smallest absolute Gasteiger partial charge is 0.259 e. The first kappa shape index (κ1) is 21.5. The van der Waals surface area contributed by atoms with E-state index in [0.29, 0.717) is 28.1 Å². The van der Waals surface area contributed by atoms with E-state index in [-0.39, 0.29) is 12.0 Å². The highest BCUT2D eigenvalue weighted by molar-refractivity contribution is 7.18. The summed E-state index contributed by atoms with van der Waals surface area (Å²) >= 11 is 1.29. The van der Waals surface area contributed by atoms with Crippen molar-refractivity contribution in [1.82, 2.24) is 25.1 Å². The van der Waals surface area contributed by atoms with Crippen LogP contribution in [0.2, 0.25) is 0 Å². The van der Waals surface area contributed by atoms with Gasteiger partial charge in [-0.2, -0.15) is 0 Å². The second-order valence-corrected chi connectivity index (χ2v) is 8.24. The summed E-state index contributed by atoms with van der Waals surface area (Å²) in [4.78, 5) is 23.0. The summed E-state index contributed by atoms with van der Waals surface area (Å²) in [5.74, 6) is 0.141.